The van der Waals surface area contributed by atoms with Gasteiger partial charge in [-0.3, -0.25) is 13.9 Å². The number of carbonyl (C=O) groups excluding carboxylic acids is 2. The molecule has 2 amide bonds. The van der Waals surface area contributed by atoms with E-state index in [1.165, 1.54) is 4.90 Å². The van der Waals surface area contributed by atoms with Gasteiger partial charge in [0.25, 0.3) is 10.0 Å². The fraction of sp³-hybridized carbons (Fsp3) is 0.375. The van der Waals surface area contributed by atoms with E-state index in [0.717, 1.165) is 46.7 Å². The molecule has 1 fully saturated rings. The molecule has 218 valence electrons. The summed E-state index contributed by atoms with van der Waals surface area (Å²) in [7, 11) is -4.10. The van der Waals surface area contributed by atoms with E-state index in [-0.39, 0.29) is 23.4 Å². The average molecular weight is 641 g/mol. The Morgan fingerprint density at radius 1 is 0.951 bits per heavy atom. The van der Waals surface area contributed by atoms with Crippen molar-refractivity contribution in [2.45, 2.75) is 76.4 Å². The number of rotatable bonds is 11. The van der Waals surface area contributed by atoms with Crippen LogP contribution in [0.25, 0.3) is 0 Å². The van der Waals surface area contributed by atoms with Gasteiger partial charge in [-0.1, -0.05) is 89.3 Å². The summed E-state index contributed by atoms with van der Waals surface area (Å²) >= 11 is 3.43. The molecule has 0 aliphatic heterocycles. The molecule has 1 atom stereocenters. The Labute approximate surface area is 252 Å². The third-order valence-electron chi connectivity index (χ3n) is 7.51. The van der Waals surface area contributed by atoms with Crippen LogP contribution in [0, 0.1) is 13.8 Å². The Kier molecular flexibility index (Phi) is 10.3. The third-order valence-corrected chi connectivity index (χ3v) is 9.79. The van der Waals surface area contributed by atoms with Gasteiger partial charge in [-0.05, 0) is 69.0 Å². The topological polar surface area (TPSA) is 86.8 Å². The van der Waals surface area contributed by atoms with E-state index < -0.39 is 28.5 Å². The Balaban J connectivity index is 1.71. The van der Waals surface area contributed by atoms with Gasteiger partial charge < -0.3 is 10.2 Å². The summed E-state index contributed by atoms with van der Waals surface area (Å²) in [4.78, 5) is 29.4. The van der Waals surface area contributed by atoms with Gasteiger partial charge in [0.15, 0.2) is 0 Å². The Morgan fingerprint density at radius 3 is 2.27 bits per heavy atom. The van der Waals surface area contributed by atoms with Gasteiger partial charge in [0.2, 0.25) is 11.8 Å². The van der Waals surface area contributed by atoms with E-state index in [1.807, 2.05) is 45.0 Å². The van der Waals surface area contributed by atoms with Crippen LogP contribution in [-0.4, -0.2) is 43.8 Å². The van der Waals surface area contributed by atoms with Crippen LogP contribution in [0.4, 0.5) is 5.69 Å². The highest BCUT2D eigenvalue weighted by Crippen LogP contribution is 2.28. The first-order chi connectivity index (χ1) is 19.6. The average Bonchev–Trinajstić information content (AvgIpc) is 3.44. The standard InChI is InChI=1S/C32H38BrN3O4S/c1-4-30(32(38)34-27-12-5-6-13-27)35(21-25-10-7-9-24(3)19-25)31(37)22-36(28-14-8-11-26(33)20-28)41(39,40)29-17-15-23(2)16-18-29/h7-11,14-20,27,30H,4-6,12-13,21-22H2,1-3H3,(H,34,38)/t30-/m0/s1. The monoisotopic (exact) mass is 639 g/mol. The van der Waals surface area contributed by atoms with Crippen LogP contribution in [0.5, 0.6) is 0 Å². The van der Waals surface area contributed by atoms with E-state index in [1.54, 1.807) is 48.5 Å². The van der Waals surface area contributed by atoms with E-state index in [0.29, 0.717) is 16.6 Å². The highest BCUT2D eigenvalue weighted by molar-refractivity contribution is 9.10. The number of hydrogen-bond acceptors (Lipinski definition) is 4. The van der Waals surface area contributed by atoms with Crippen LogP contribution < -0.4 is 9.62 Å². The number of halogens is 1. The SMILES string of the molecule is CC[C@@H](C(=O)NC1CCCC1)N(Cc1cccc(C)c1)C(=O)CN(c1cccc(Br)c1)S(=O)(=O)c1ccc(C)cc1. The van der Waals surface area contributed by atoms with Crippen molar-refractivity contribution < 1.29 is 18.0 Å². The molecule has 1 aliphatic rings. The van der Waals surface area contributed by atoms with Crippen LogP contribution in [0.2, 0.25) is 0 Å². The number of carbonyl (C=O) groups is 2. The molecule has 3 aromatic carbocycles. The van der Waals surface area contributed by atoms with Gasteiger partial charge >= 0.3 is 0 Å². The smallest absolute Gasteiger partial charge is 0.264 e. The normalized spacial score (nSPS) is 14.4. The quantitative estimate of drug-likeness (QED) is 0.274. The molecule has 4 rings (SSSR count). The van der Waals surface area contributed by atoms with Crippen molar-refractivity contribution in [1.29, 1.82) is 0 Å². The zero-order chi connectivity index (χ0) is 29.6. The van der Waals surface area contributed by atoms with E-state index >= 15 is 0 Å². The van der Waals surface area contributed by atoms with Crippen molar-refractivity contribution in [2.75, 3.05) is 10.8 Å². The van der Waals surface area contributed by atoms with E-state index in [9.17, 15) is 18.0 Å². The summed E-state index contributed by atoms with van der Waals surface area (Å²) in [5.41, 5.74) is 3.20. The molecular formula is C32H38BrN3O4S. The lowest BCUT2D eigenvalue weighted by molar-refractivity contribution is -0.140. The fourth-order valence-electron chi connectivity index (χ4n) is 5.29. The van der Waals surface area contributed by atoms with Crippen molar-refractivity contribution in [3.63, 3.8) is 0 Å². The summed E-state index contributed by atoms with van der Waals surface area (Å²) in [6.07, 6.45) is 4.41. The van der Waals surface area contributed by atoms with Crippen molar-refractivity contribution in [3.05, 3.63) is 94.0 Å². The van der Waals surface area contributed by atoms with Gasteiger partial charge in [0.1, 0.15) is 12.6 Å². The third kappa shape index (κ3) is 7.77. The molecule has 0 heterocycles. The highest BCUT2D eigenvalue weighted by Gasteiger charge is 2.34. The highest BCUT2D eigenvalue weighted by atomic mass is 79.9. The molecule has 1 aliphatic carbocycles. The maximum Gasteiger partial charge on any atom is 0.264 e. The molecule has 0 unspecified atom stereocenters. The zero-order valence-electron chi connectivity index (χ0n) is 23.8. The lowest BCUT2D eigenvalue weighted by Gasteiger charge is -2.34. The van der Waals surface area contributed by atoms with Crippen LogP contribution in [0.15, 0.2) is 82.2 Å². The van der Waals surface area contributed by atoms with Crippen molar-refractivity contribution >= 4 is 43.5 Å². The molecule has 1 N–H and O–H groups in total. The maximum absolute atomic E-state index is 14.2. The Morgan fingerprint density at radius 2 is 1.63 bits per heavy atom. The molecule has 9 heteroatoms. The molecule has 0 bridgehead atoms. The minimum Gasteiger partial charge on any atom is -0.352 e. The predicted octanol–water partition coefficient (Wildman–Crippen LogP) is 6.13. The van der Waals surface area contributed by atoms with Crippen molar-refractivity contribution in [1.82, 2.24) is 10.2 Å². The van der Waals surface area contributed by atoms with Crippen molar-refractivity contribution in [2.24, 2.45) is 0 Å². The number of benzene rings is 3. The maximum atomic E-state index is 14.2. The lowest BCUT2D eigenvalue weighted by atomic mass is 10.1. The number of aryl methyl sites for hydroxylation is 2. The van der Waals surface area contributed by atoms with Crippen LogP contribution in [-0.2, 0) is 26.2 Å². The number of amides is 2. The molecule has 0 spiro atoms. The first kappa shape index (κ1) is 30.8. The van der Waals surface area contributed by atoms with Crippen molar-refractivity contribution in [3.8, 4) is 0 Å². The first-order valence-electron chi connectivity index (χ1n) is 14.1. The second-order valence-corrected chi connectivity index (χ2v) is 13.5. The molecule has 0 saturated heterocycles. The number of nitrogens with zero attached hydrogens (tertiary/aromatic N) is 2. The van der Waals surface area contributed by atoms with Crippen LogP contribution >= 0.6 is 15.9 Å². The lowest BCUT2D eigenvalue weighted by Crippen LogP contribution is -2.53. The molecule has 41 heavy (non-hydrogen) atoms. The second kappa shape index (κ2) is 13.7. The van der Waals surface area contributed by atoms with Gasteiger partial charge in [-0.2, -0.15) is 0 Å². The predicted molar refractivity (Wildman–Crippen MR) is 166 cm³/mol. The Hall–Kier alpha value is -3.17. The summed E-state index contributed by atoms with van der Waals surface area (Å²) in [6, 6.07) is 20.6. The number of sulfonamides is 1. The first-order valence-corrected chi connectivity index (χ1v) is 16.3. The van der Waals surface area contributed by atoms with Crippen LogP contribution in [0.3, 0.4) is 0 Å². The minimum atomic E-state index is -4.10. The van der Waals surface area contributed by atoms with Gasteiger partial charge in [-0.15, -0.1) is 0 Å². The number of hydrogen-bond donors (Lipinski definition) is 1. The van der Waals surface area contributed by atoms with Gasteiger partial charge in [-0.25, -0.2) is 8.42 Å². The van der Waals surface area contributed by atoms with E-state index in [2.05, 4.69) is 21.2 Å². The van der Waals surface area contributed by atoms with Crippen LogP contribution in [0.1, 0.15) is 55.7 Å². The molecule has 3 aromatic rings. The molecule has 0 aromatic heterocycles. The van der Waals surface area contributed by atoms with E-state index in [4.69, 9.17) is 0 Å². The number of nitrogens with one attached hydrogen (secondary N) is 1. The second-order valence-electron chi connectivity index (χ2n) is 10.7. The zero-order valence-corrected chi connectivity index (χ0v) is 26.2. The molecule has 7 nitrogen and oxygen atoms in total. The minimum absolute atomic E-state index is 0.0899. The molecular weight excluding hydrogens is 602 g/mol. The fourth-order valence-corrected chi connectivity index (χ4v) is 7.08. The summed E-state index contributed by atoms with van der Waals surface area (Å²) < 4.78 is 29.8. The summed E-state index contributed by atoms with van der Waals surface area (Å²) in [5.74, 6) is -0.647. The summed E-state index contributed by atoms with van der Waals surface area (Å²) in [5, 5.41) is 3.15. The van der Waals surface area contributed by atoms with Gasteiger partial charge in [0, 0.05) is 17.1 Å². The molecule has 0 radical (unpaired) electrons. The summed E-state index contributed by atoms with van der Waals surface area (Å²) in [6.45, 7) is 5.48. The largest absolute Gasteiger partial charge is 0.352 e. The number of anilines is 1. The van der Waals surface area contributed by atoms with Gasteiger partial charge in [0.05, 0.1) is 10.6 Å². The molecule has 1 saturated carbocycles. The Bertz CT molecular complexity index is 1470.